The number of aryl methyl sites for hydroxylation is 1. The summed E-state index contributed by atoms with van der Waals surface area (Å²) in [5.74, 6) is 0.488. The Kier molecular flexibility index (Phi) is 3.33. The topological polar surface area (TPSA) is 35.5 Å². The molecule has 0 radical (unpaired) electrons. The minimum absolute atomic E-state index is 0.488. The number of hydrogen-bond acceptors (Lipinski definition) is 3. The van der Waals surface area contributed by atoms with Gasteiger partial charge in [0.15, 0.2) is 23.0 Å². The Morgan fingerprint density at radius 2 is 1.92 bits per heavy atom. The number of hydrogen-bond donors (Lipinski definition) is 0. The minimum atomic E-state index is -0.709. The van der Waals surface area contributed by atoms with Crippen LogP contribution < -0.4 is 4.74 Å². The molecule has 0 aliphatic rings. The van der Waals surface area contributed by atoms with Crippen molar-refractivity contribution >= 4 is 29.2 Å². The molecular weight excluding hydrogens is 271 g/mol. The molecule has 0 heterocycles. The highest BCUT2D eigenvalue weighted by Crippen LogP contribution is 2.12. The van der Waals surface area contributed by atoms with Gasteiger partial charge in [0.1, 0.15) is 5.75 Å². The van der Waals surface area contributed by atoms with Gasteiger partial charge in [-0.05, 0) is 19.1 Å². The summed E-state index contributed by atoms with van der Waals surface area (Å²) in [5, 5.41) is 0. The first-order chi connectivity index (χ1) is 5.72. The summed E-state index contributed by atoms with van der Waals surface area (Å²) in [5.41, 5.74) is 1.12. The second-order valence-corrected chi connectivity index (χ2v) is 2.68. The van der Waals surface area contributed by atoms with Crippen molar-refractivity contribution in [3.8, 4) is 5.75 Å². The van der Waals surface area contributed by atoms with Gasteiger partial charge in [-0.3, -0.25) is 0 Å². The zero-order valence-electron chi connectivity index (χ0n) is 6.41. The van der Waals surface area contributed by atoms with Crippen LogP contribution in [0.25, 0.3) is 0 Å². The summed E-state index contributed by atoms with van der Waals surface area (Å²) in [6.45, 7) is 1.96. The van der Waals surface area contributed by atoms with Crippen LogP contribution >= 0.6 is 23.0 Å². The average molecular weight is 278 g/mol. The lowest BCUT2D eigenvalue weighted by Crippen LogP contribution is -2.03. The predicted molar refractivity (Wildman–Crippen MR) is 52.3 cm³/mol. The number of benzene rings is 1. The van der Waals surface area contributed by atoms with Crippen molar-refractivity contribution in [2.75, 3.05) is 0 Å². The lowest BCUT2D eigenvalue weighted by Gasteiger charge is -2.00. The molecule has 1 rings (SSSR count). The van der Waals surface area contributed by atoms with E-state index in [1.807, 2.05) is 19.1 Å². The molecular formula is C8H7IO3. The van der Waals surface area contributed by atoms with Gasteiger partial charge < -0.3 is 7.80 Å². The van der Waals surface area contributed by atoms with Crippen molar-refractivity contribution in [2.45, 2.75) is 6.92 Å². The highest BCUT2D eigenvalue weighted by Gasteiger charge is 2.02. The lowest BCUT2D eigenvalue weighted by molar-refractivity contribution is 0.167. The van der Waals surface area contributed by atoms with E-state index in [9.17, 15) is 4.79 Å². The van der Waals surface area contributed by atoms with Gasteiger partial charge in [-0.15, -0.1) is 0 Å². The van der Waals surface area contributed by atoms with E-state index in [0.717, 1.165) is 5.56 Å². The highest BCUT2D eigenvalue weighted by atomic mass is 127. The third-order valence-electron chi connectivity index (χ3n) is 1.29. The minimum Gasteiger partial charge on any atom is -0.394 e. The Bertz CT molecular complexity index is 268. The molecule has 0 saturated carbocycles. The molecule has 0 spiro atoms. The summed E-state index contributed by atoms with van der Waals surface area (Å²) >= 11 is 1.47. The van der Waals surface area contributed by atoms with E-state index >= 15 is 0 Å². The number of ether oxygens (including phenoxy) is 1. The molecule has 1 aromatic carbocycles. The summed E-state index contributed by atoms with van der Waals surface area (Å²) in [7, 11) is 0. The zero-order chi connectivity index (χ0) is 8.97. The van der Waals surface area contributed by atoms with E-state index in [1.165, 1.54) is 23.0 Å². The molecule has 0 aliphatic heterocycles. The van der Waals surface area contributed by atoms with E-state index in [4.69, 9.17) is 4.74 Å². The maximum absolute atomic E-state index is 10.6. The van der Waals surface area contributed by atoms with Crippen LogP contribution in [0.2, 0.25) is 0 Å². The zero-order valence-corrected chi connectivity index (χ0v) is 8.57. The fraction of sp³-hybridized carbons (Fsp3) is 0.125. The third-order valence-corrected chi connectivity index (χ3v) is 1.64. The Balaban J connectivity index is 2.64. The SMILES string of the molecule is Cc1ccc(OC(=O)OI)cc1. The smallest absolute Gasteiger partial charge is 0.394 e. The van der Waals surface area contributed by atoms with Gasteiger partial charge in [0.05, 0.1) is 0 Å². The Morgan fingerprint density at radius 3 is 2.42 bits per heavy atom. The van der Waals surface area contributed by atoms with Crippen molar-refractivity contribution in [1.82, 2.24) is 0 Å². The van der Waals surface area contributed by atoms with Gasteiger partial charge in [0.25, 0.3) is 0 Å². The van der Waals surface area contributed by atoms with E-state index in [2.05, 4.69) is 3.07 Å². The normalized spacial score (nSPS) is 9.17. The molecule has 3 nitrogen and oxygen atoms in total. The number of carbonyl (C=O) groups excluding carboxylic acids is 1. The average Bonchev–Trinajstić information content (AvgIpc) is 2.09. The molecule has 0 atom stereocenters. The maximum atomic E-state index is 10.6. The van der Waals surface area contributed by atoms with Crippen molar-refractivity contribution in [3.05, 3.63) is 29.8 Å². The van der Waals surface area contributed by atoms with Crippen LogP contribution in [-0.2, 0) is 3.07 Å². The largest absolute Gasteiger partial charge is 0.523 e. The summed E-state index contributed by atoms with van der Waals surface area (Å²) in [6.07, 6.45) is -0.709. The van der Waals surface area contributed by atoms with E-state index in [-0.39, 0.29) is 0 Å². The van der Waals surface area contributed by atoms with Crippen molar-refractivity contribution in [2.24, 2.45) is 0 Å². The van der Waals surface area contributed by atoms with Gasteiger partial charge in [0.2, 0.25) is 0 Å². The molecule has 0 fully saturated rings. The second-order valence-electron chi connectivity index (χ2n) is 2.24. The molecule has 0 N–H and O–H groups in total. The Morgan fingerprint density at radius 1 is 1.33 bits per heavy atom. The third kappa shape index (κ3) is 2.69. The molecule has 4 heteroatoms. The van der Waals surface area contributed by atoms with E-state index in [0.29, 0.717) is 5.75 Å². The molecule has 64 valence electrons. The van der Waals surface area contributed by atoms with Gasteiger partial charge in [-0.1, -0.05) is 17.7 Å². The quantitative estimate of drug-likeness (QED) is 0.450. The fourth-order valence-electron chi connectivity index (χ4n) is 0.718. The lowest BCUT2D eigenvalue weighted by atomic mass is 10.2. The van der Waals surface area contributed by atoms with Crippen LogP contribution in [0, 0.1) is 6.92 Å². The summed E-state index contributed by atoms with van der Waals surface area (Å²) in [4.78, 5) is 10.6. The fourth-order valence-corrected chi connectivity index (χ4v) is 0.808. The first kappa shape index (κ1) is 9.31. The Labute approximate surface area is 84.4 Å². The number of carbonyl (C=O) groups is 1. The van der Waals surface area contributed by atoms with Crippen molar-refractivity contribution in [3.63, 3.8) is 0 Å². The van der Waals surface area contributed by atoms with Crippen LogP contribution in [-0.4, -0.2) is 6.16 Å². The van der Waals surface area contributed by atoms with Gasteiger partial charge in [-0.2, -0.15) is 0 Å². The first-order valence-corrected chi connectivity index (χ1v) is 4.17. The van der Waals surface area contributed by atoms with Gasteiger partial charge in [-0.25, -0.2) is 4.79 Å². The van der Waals surface area contributed by atoms with Crippen LogP contribution in [0.5, 0.6) is 5.75 Å². The van der Waals surface area contributed by atoms with Crippen LogP contribution in [0.4, 0.5) is 4.79 Å². The summed E-state index contributed by atoms with van der Waals surface area (Å²) in [6, 6.07) is 7.14. The molecule has 0 aliphatic carbocycles. The summed E-state index contributed by atoms with van der Waals surface area (Å²) < 4.78 is 9.04. The van der Waals surface area contributed by atoms with Crippen LogP contribution in [0.1, 0.15) is 5.56 Å². The van der Waals surface area contributed by atoms with Crippen molar-refractivity contribution < 1.29 is 12.6 Å². The molecule has 1 aromatic rings. The van der Waals surface area contributed by atoms with Crippen LogP contribution in [0.3, 0.4) is 0 Å². The monoisotopic (exact) mass is 278 g/mol. The van der Waals surface area contributed by atoms with Gasteiger partial charge >= 0.3 is 6.16 Å². The maximum Gasteiger partial charge on any atom is 0.523 e. The first-order valence-electron chi connectivity index (χ1n) is 3.29. The molecule has 0 saturated heterocycles. The molecule has 12 heavy (non-hydrogen) atoms. The molecule has 0 unspecified atom stereocenters. The van der Waals surface area contributed by atoms with Crippen LogP contribution in [0.15, 0.2) is 24.3 Å². The number of rotatable bonds is 1. The number of halogens is 1. The standard InChI is InChI=1S/C8H7IO3/c1-6-2-4-7(5-3-6)11-8(10)12-9/h2-5H,1H3. The molecule has 0 bridgehead atoms. The molecule has 0 amide bonds. The highest BCUT2D eigenvalue weighted by molar-refractivity contribution is 14.1. The van der Waals surface area contributed by atoms with Crippen molar-refractivity contribution in [1.29, 1.82) is 0 Å². The second kappa shape index (κ2) is 4.30. The van der Waals surface area contributed by atoms with E-state index in [1.54, 1.807) is 12.1 Å². The van der Waals surface area contributed by atoms with Gasteiger partial charge in [0, 0.05) is 0 Å². The molecule has 0 aromatic heterocycles. The van der Waals surface area contributed by atoms with E-state index < -0.39 is 6.16 Å². The predicted octanol–water partition coefficient (Wildman–Crippen LogP) is 2.86. The Hall–Kier alpha value is -0.780.